The molecule has 19 heavy (non-hydrogen) atoms. The summed E-state index contributed by atoms with van der Waals surface area (Å²) in [4.78, 5) is 16.2. The normalized spacial score (nSPS) is 19.7. The minimum Gasteiger partial charge on any atom is -0.381 e. The van der Waals surface area contributed by atoms with Crippen LogP contribution in [0, 0.1) is 5.92 Å². The van der Waals surface area contributed by atoms with Crippen molar-refractivity contribution in [3.8, 4) is 0 Å². The highest BCUT2D eigenvalue weighted by Gasteiger charge is 2.27. The van der Waals surface area contributed by atoms with Crippen molar-refractivity contribution < 1.29 is 9.53 Å². The second-order valence-electron chi connectivity index (χ2n) is 4.99. The van der Waals surface area contributed by atoms with Gasteiger partial charge in [-0.05, 0) is 37.3 Å². The number of nitrogens with zero attached hydrogens (tertiary/aromatic N) is 1. The number of ether oxygens (including phenoxy) is 1. The monoisotopic (exact) mass is 263 g/mol. The van der Waals surface area contributed by atoms with Crippen LogP contribution >= 0.6 is 0 Å². The van der Waals surface area contributed by atoms with Crippen molar-refractivity contribution in [2.75, 3.05) is 13.2 Å². The summed E-state index contributed by atoms with van der Waals surface area (Å²) in [7, 11) is 0. The van der Waals surface area contributed by atoms with Gasteiger partial charge in [-0.25, -0.2) is 0 Å². The van der Waals surface area contributed by atoms with E-state index in [1.54, 1.807) is 12.4 Å². The van der Waals surface area contributed by atoms with Gasteiger partial charge in [0, 0.05) is 25.6 Å². The Bertz CT molecular complexity index is 404. The molecule has 1 aliphatic heterocycles. The molecule has 2 heterocycles. The van der Waals surface area contributed by atoms with Crippen LogP contribution < -0.4 is 11.1 Å². The Hall–Kier alpha value is -1.46. The zero-order chi connectivity index (χ0) is 13.7. The third kappa shape index (κ3) is 3.75. The van der Waals surface area contributed by atoms with Crippen molar-refractivity contribution in [2.45, 2.75) is 31.8 Å². The molecule has 0 saturated carbocycles. The Morgan fingerprint density at radius 1 is 1.53 bits per heavy atom. The Kier molecular flexibility index (Phi) is 4.87. The summed E-state index contributed by atoms with van der Waals surface area (Å²) in [6, 6.07) is 3.27. The van der Waals surface area contributed by atoms with Crippen LogP contribution in [-0.2, 0) is 9.53 Å². The maximum Gasteiger partial charge on any atom is 0.237 e. The van der Waals surface area contributed by atoms with Gasteiger partial charge in [0.25, 0.3) is 0 Å². The lowest BCUT2D eigenvalue weighted by atomic mass is 9.91. The molecular weight excluding hydrogens is 242 g/mol. The number of rotatable bonds is 4. The van der Waals surface area contributed by atoms with Gasteiger partial charge in [0.15, 0.2) is 0 Å². The molecule has 1 amide bonds. The molecule has 104 valence electrons. The van der Waals surface area contributed by atoms with E-state index in [1.807, 2.05) is 19.1 Å². The smallest absolute Gasteiger partial charge is 0.237 e. The van der Waals surface area contributed by atoms with Crippen LogP contribution in [0.15, 0.2) is 24.5 Å². The highest BCUT2D eigenvalue weighted by Crippen LogP contribution is 2.18. The van der Waals surface area contributed by atoms with E-state index in [2.05, 4.69) is 10.3 Å². The highest BCUT2D eigenvalue weighted by atomic mass is 16.5. The van der Waals surface area contributed by atoms with Crippen LogP contribution in [0.25, 0.3) is 0 Å². The number of carbonyl (C=O) groups excluding carboxylic acids is 1. The minimum atomic E-state index is -0.456. The molecule has 2 atom stereocenters. The zero-order valence-electron chi connectivity index (χ0n) is 11.2. The lowest BCUT2D eigenvalue weighted by Gasteiger charge is -2.27. The third-order valence-corrected chi connectivity index (χ3v) is 3.62. The minimum absolute atomic E-state index is 0.0768. The van der Waals surface area contributed by atoms with Crippen molar-refractivity contribution in [3.63, 3.8) is 0 Å². The summed E-state index contributed by atoms with van der Waals surface area (Å²) in [5.41, 5.74) is 7.02. The van der Waals surface area contributed by atoms with Gasteiger partial charge in [0.1, 0.15) is 0 Å². The van der Waals surface area contributed by atoms with E-state index in [0.717, 1.165) is 18.4 Å². The molecule has 0 spiro atoms. The van der Waals surface area contributed by atoms with E-state index in [4.69, 9.17) is 10.5 Å². The predicted octanol–water partition coefficient (Wildman–Crippen LogP) is 1.01. The SMILES string of the molecule is C[C@H](NC(=O)C(N)C1CCOCC1)c1cccnc1. The lowest BCUT2D eigenvalue weighted by Crippen LogP contribution is -2.47. The van der Waals surface area contributed by atoms with Crippen molar-refractivity contribution in [1.82, 2.24) is 10.3 Å². The van der Waals surface area contributed by atoms with Gasteiger partial charge in [-0.1, -0.05) is 6.07 Å². The van der Waals surface area contributed by atoms with Gasteiger partial charge in [0.05, 0.1) is 12.1 Å². The second-order valence-corrected chi connectivity index (χ2v) is 4.99. The van der Waals surface area contributed by atoms with Crippen LogP contribution in [0.3, 0.4) is 0 Å². The number of hydrogen-bond donors (Lipinski definition) is 2. The van der Waals surface area contributed by atoms with Gasteiger partial charge in [-0.2, -0.15) is 0 Å². The maximum absolute atomic E-state index is 12.1. The Morgan fingerprint density at radius 3 is 2.89 bits per heavy atom. The molecular formula is C14H21N3O2. The largest absolute Gasteiger partial charge is 0.381 e. The lowest BCUT2D eigenvalue weighted by molar-refractivity contribution is -0.125. The van der Waals surface area contributed by atoms with Crippen LogP contribution in [-0.4, -0.2) is 30.1 Å². The summed E-state index contributed by atoms with van der Waals surface area (Å²) in [5, 5.41) is 2.95. The van der Waals surface area contributed by atoms with Crippen molar-refractivity contribution >= 4 is 5.91 Å². The molecule has 0 aliphatic carbocycles. The molecule has 1 aromatic rings. The van der Waals surface area contributed by atoms with E-state index in [9.17, 15) is 4.79 Å². The number of amides is 1. The first kappa shape index (κ1) is 14.0. The molecule has 0 aromatic carbocycles. The molecule has 3 N–H and O–H groups in total. The van der Waals surface area contributed by atoms with Crippen LogP contribution in [0.1, 0.15) is 31.4 Å². The standard InChI is InChI=1S/C14H21N3O2/c1-10(12-3-2-6-16-9-12)17-14(18)13(15)11-4-7-19-8-5-11/h2-3,6,9-11,13H,4-5,7-8,15H2,1H3,(H,17,18)/t10-,13?/m0/s1. The van der Waals surface area contributed by atoms with Gasteiger partial charge < -0.3 is 15.8 Å². The Morgan fingerprint density at radius 2 is 2.26 bits per heavy atom. The van der Waals surface area contributed by atoms with Gasteiger partial charge >= 0.3 is 0 Å². The molecule has 1 aromatic heterocycles. The molecule has 1 aliphatic rings. The number of pyridine rings is 1. The van der Waals surface area contributed by atoms with Crippen LogP contribution in [0.5, 0.6) is 0 Å². The van der Waals surface area contributed by atoms with E-state index < -0.39 is 6.04 Å². The molecule has 1 fully saturated rings. The Balaban J connectivity index is 1.89. The quantitative estimate of drug-likeness (QED) is 0.850. The van der Waals surface area contributed by atoms with Crippen molar-refractivity contribution in [1.29, 1.82) is 0 Å². The number of carbonyl (C=O) groups is 1. The zero-order valence-corrected chi connectivity index (χ0v) is 11.2. The van der Waals surface area contributed by atoms with Gasteiger partial charge in [0.2, 0.25) is 5.91 Å². The number of aromatic nitrogens is 1. The average molecular weight is 263 g/mol. The summed E-state index contributed by atoms with van der Waals surface area (Å²) in [6.45, 7) is 3.33. The third-order valence-electron chi connectivity index (χ3n) is 3.62. The van der Waals surface area contributed by atoms with E-state index in [-0.39, 0.29) is 17.9 Å². The maximum atomic E-state index is 12.1. The molecule has 1 saturated heterocycles. The molecule has 5 heteroatoms. The van der Waals surface area contributed by atoms with Crippen molar-refractivity contribution in [2.24, 2.45) is 11.7 Å². The molecule has 0 bridgehead atoms. The summed E-state index contributed by atoms with van der Waals surface area (Å²) in [5.74, 6) is 0.123. The first-order valence-electron chi connectivity index (χ1n) is 6.72. The summed E-state index contributed by atoms with van der Waals surface area (Å²) < 4.78 is 5.28. The van der Waals surface area contributed by atoms with E-state index >= 15 is 0 Å². The fourth-order valence-corrected chi connectivity index (χ4v) is 2.31. The molecule has 1 unspecified atom stereocenters. The first-order valence-corrected chi connectivity index (χ1v) is 6.72. The molecule has 0 radical (unpaired) electrons. The van der Waals surface area contributed by atoms with Crippen LogP contribution in [0.4, 0.5) is 0 Å². The first-order chi connectivity index (χ1) is 9.18. The fourth-order valence-electron chi connectivity index (χ4n) is 2.31. The van der Waals surface area contributed by atoms with Gasteiger partial charge in [-0.15, -0.1) is 0 Å². The Labute approximate surface area is 113 Å². The molecule has 2 rings (SSSR count). The number of nitrogens with one attached hydrogen (secondary N) is 1. The summed E-state index contributed by atoms with van der Waals surface area (Å²) >= 11 is 0. The number of hydrogen-bond acceptors (Lipinski definition) is 4. The molecule has 5 nitrogen and oxygen atoms in total. The average Bonchev–Trinajstić information content (AvgIpc) is 2.48. The summed E-state index contributed by atoms with van der Waals surface area (Å²) in [6.07, 6.45) is 5.18. The van der Waals surface area contributed by atoms with Crippen molar-refractivity contribution in [3.05, 3.63) is 30.1 Å². The predicted molar refractivity (Wildman–Crippen MR) is 72.3 cm³/mol. The van der Waals surface area contributed by atoms with Crippen LogP contribution in [0.2, 0.25) is 0 Å². The topological polar surface area (TPSA) is 77.2 Å². The fraction of sp³-hybridized carbons (Fsp3) is 0.571. The highest BCUT2D eigenvalue weighted by molar-refractivity contribution is 5.82. The van der Waals surface area contributed by atoms with E-state index in [1.165, 1.54) is 0 Å². The second kappa shape index (κ2) is 6.63. The number of nitrogens with two attached hydrogens (primary N) is 1. The van der Waals surface area contributed by atoms with Gasteiger partial charge in [-0.3, -0.25) is 9.78 Å². The van der Waals surface area contributed by atoms with E-state index in [0.29, 0.717) is 13.2 Å².